The van der Waals surface area contributed by atoms with Gasteiger partial charge in [-0.25, -0.2) is 0 Å². The van der Waals surface area contributed by atoms with E-state index in [2.05, 4.69) is 0 Å². The van der Waals surface area contributed by atoms with Crippen molar-refractivity contribution in [2.75, 3.05) is 13.8 Å². The maximum Gasteiger partial charge on any atom is 0.231 e. The van der Waals surface area contributed by atoms with Gasteiger partial charge in [-0.1, -0.05) is 0 Å². The van der Waals surface area contributed by atoms with Gasteiger partial charge in [0.25, 0.3) is 0 Å². The summed E-state index contributed by atoms with van der Waals surface area (Å²) < 4.78 is 39.3. The van der Waals surface area contributed by atoms with E-state index in [1.165, 1.54) is 19.1 Å². The Morgan fingerprint density at radius 2 is 2.40 bits per heavy atom. The number of benzene rings is 1. The maximum absolute atomic E-state index is 12.1. The molecule has 0 bridgehead atoms. The average molecular weight is 211 g/mol. The minimum absolute atomic E-state index is 0.0820. The van der Waals surface area contributed by atoms with Crippen molar-refractivity contribution in [3.63, 3.8) is 0 Å². The highest BCUT2D eigenvalue weighted by Crippen LogP contribution is 2.32. The third-order valence-electron chi connectivity index (χ3n) is 2.16. The standard InChI is InChI=1S/C11H13NO3/c1-7(12-2)11(13)8-3-4-9-10(5-8)15-6-14-9/h3-5,7,12H,6H2,1-2H3/i2D3,7D. The molecule has 0 aliphatic carbocycles. The monoisotopic (exact) mass is 211 g/mol. The lowest BCUT2D eigenvalue weighted by Crippen LogP contribution is -2.30. The second-order valence-electron chi connectivity index (χ2n) is 3.15. The Morgan fingerprint density at radius 1 is 1.60 bits per heavy atom. The van der Waals surface area contributed by atoms with Gasteiger partial charge >= 0.3 is 0 Å². The lowest BCUT2D eigenvalue weighted by atomic mass is 10.1. The van der Waals surface area contributed by atoms with Crippen LogP contribution in [0.3, 0.4) is 0 Å². The number of hydrogen-bond acceptors (Lipinski definition) is 4. The smallest absolute Gasteiger partial charge is 0.231 e. The number of Topliss-reactive ketones (excluding diaryl/α,β-unsaturated/α-hetero) is 1. The molecule has 1 unspecified atom stereocenters. The summed E-state index contributed by atoms with van der Waals surface area (Å²) in [4.78, 5) is 12.1. The Kier molecular flexibility index (Phi) is 1.59. The lowest BCUT2D eigenvalue weighted by Gasteiger charge is -2.09. The highest BCUT2D eigenvalue weighted by atomic mass is 16.7. The van der Waals surface area contributed by atoms with Crippen LogP contribution in [0.1, 0.15) is 22.8 Å². The number of likely N-dealkylation sites (N-methyl/N-ethyl adjacent to an activating group) is 1. The molecule has 1 aliphatic heterocycles. The third kappa shape index (κ3) is 1.80. The quantitative estimate of drug-likeness (QED) is 0.763. The van der Waals surface area contributed by atoms with Gasteiger partial charge in [0.2, 0.25) is 6.79 Å². The fourth-order valence-electron chi connectivity index (χ4n) is 1.31. The van der Waals surface area contributed by atoms with Crippen LogP contribution in [0.4, 0.5) is 0 Å². The van der Waals surface area contributed by atoms with Crippen molar-refractivity contribution in [2.24, 2.45) is 0 Å². The predicted octanol–water partition coefficient (Wildman–Crippen LogP) is 1.21. The Morgan fingerprint density at radius 3 is 3.20 bits per heavy atom. The maximum atomic E-state index is 12.1. The van der Waals surface area contributed by atoms with Crippen molar-refractivity contribution in [2.45, 2.75) is 12.9 Å². The summed E-state index contributed by atoms with van der Waals surface area (Å²) in [6.45, 7) is -1.28. The first kappa shape index (κ1) is 6.12. The number of fused-ring (bicyclic) bond motifs is 1. The van der Waals surface area contributed by atoms with E-state index in [0.717, 1.165) is 0 Å². The average Bonchev–Trinajstić information content (AvgIpc) is 2.71. The van der Waals surface area contributed by atoms with Gasteiger partial charge in [0.05, 0.1) is 7.39 Å². The minimum Gasteiger partial charge on any atom is -0.454 e. The Bertz CT molecular complexity index is 513. The first-order valence-corrected chi connectivity index (χ1v) is 4.43. The zero-order chi connectivity index (χ0) is 14.3. The van der Waals surface area contributed by atoms with Crippen LogP contribution in [0.5, 0.6) is 11.5 Å². The van der Waals surface area contributed by atoms with Crippen LogP contribution in [0.2, 0.25) is 0 Å². The fourth-order valence-corrected chi connectivity index (χ4v) is 1.31. The largest absolute Gasteiger partial charge is 0.454 e. The number of nitrogens with one attached hydrogen (secondary N) is 1. The van der Waals surface area contributed by atoms with Gasteiger partial charge in [0.1, 0.15) is 0 Å². The Labute approximate surface area is 93.8 Å². The Balaban J connectivity index is 2.24. The summed E-state index contributed by atoms with van der Waals surface area (Å²) in [7, 11) is 0. The van der Waals surface area contributed by atoms with Crippen molar-refractivity contribution >= 4 is 5.78 Å². The Hall–Kier alpha value is -1.55. The summed E-state index contributed by atoms with van der Waals surface area (Å²) in [5, 5.41) is 2.01. The summed E-state index contributed by atoms with van der Waals surface area (Å²) >= 11 is 0. The predicted molar refractivity (Wildman–Crippen MR) is 55.4 cm³/mol. The van der Waals surface area contributed by atoms with Gasteiger partial charge in [-0.3, -0.25) is 4.79 Å². The first-order chi connectivity index (χ1) is 8.69. The van der Waals surface area contributed by atoms with E-state index in [9.17, 15) is 4.79 Å². The first-order valence-electron chi connectivity index (χ1n) is 6.43. The minimum atomic E-state index is -2.57. The van der Waals surface area contributed by atoms with Crippen molar-refractivity contribution in [3.05, 3.63) is 23.8 Å². The van der Waals surface area contributed by atoms with Crippen molar-refractivity contribution in [1.82, 2.24) is 5.32 Å². The van der Waals surface area contributed by atoms with Gasteiger partial charge in [0, 0.05) is 9.68 Å². The SMILES string of the molecule is [2H]C([2H])([2H])NC([2H])(C)C(=O)c1ccc2c(c1)OCO2. The van der Waals surface area contributed by atoms with E-state index >= 15 is 0 Å². The molecule has 2 rings (SSSR count). The van der Waals surface area contributed by atoms with E-state index < -0.39 is 18.8 Å². The molecule has 1 heterocycles. The molecule has 0 amide bonds. The number of rotatable bonds is 3. The summed E-state index contributed by atoms with van der Waals surface area (Å²) in [6, 6.07) is 2.53. The van der Waals surface area contributed by atoms with Crippen LogP contribution < -0.4 is 14.8 Å². The highest BCUT2D eigenvalue weighted by Gasteiger charge is 2.18. The van der Waals surface area contributed by atoms with Crippen molar-refractivity contribution < 1.29 is 19.8 Å². The summed E-state index contributed by atoms with van der Waals surface area (Å²) in [6.07, 6.45) is 0. The van der Waals surface area contributed by atoms with E-state index in [4.69, 9.17) is 15.0 Å². The van der Waals surface area contributed by atoms with Crippen LogP contribution in [0, 0.1) is 0 Å². The van der Waals surface area contributed by atoms with Crippen LogP contribution in [0.15, 0.2) is 18.2 Å². The van der Waals surface area contributed by atoms with Crippen LogP contribution >= 0.6 is 0 Å². The third-order valence-corrected chi connectivity index (χ3v) is 2.16. The molecule has 1 aliphatic rings. The molecule has 4 heteroatoms. The van der Waals surface area contributed by atoms with Gasteiger partial charge in [-0.05, 0) is 32.1 Å². The molecule has 1 N–H and O–H groups in total. The zero-order valence-corrected chi connectivity index (χ0v) is 8.16. The molecule has 0 spiro atoms. The molecule has 1 aromatic carbocycles. The van der Waals surface area contributed by atoms with E-state index in [0.29, 0.717) is 11.5 Å². The van der Waals surface area contributed by atoms with E-state index in [1.54, 1.807) is 6.07 Å². The molecule has 0 radical (unpaired) electrons. The molecule has 80 valence electrons. The molecule has 1 aromatic rings. The van der Waals surface area contributed by atoms with Gasteiger partial charge in [-0.15, -0.1) is 0 Å². The lowest BCUT2D eigenvalue weighted by molar-refractivity contribution is 0.0954. The number of ether oxygens (including phenoxy) is 2. The molecule has 0 fully saturated rings. The van der Waals surface area contributed by atoms with Crippen LogP contribution in [-0.2, 0) is 0 Å². The molecular weight excluding hydrogens is 194 g/mol. The topological polar surface area (TPSA) is 47.6 Å². The molecule has 0 aromatic heterocycles. The number of carbonyl (C=O) groups excluding carboxylic acids is 1. The molecular formula is C11H13NO3. The van der Waals surface area contributed by atoms with Gasteiger partial charge in [0.15, 0.2) is 17.3 Å². The number of hydrogen-bond donors (Lipinski definition) is 1. The van der Waals surface area contributed by atoms with E-state index in [1.807, 2.05) is 5.32 Å². The normalized spacial score (nSPS) is 21.9. The molecule has 4 nitrogen and oxygen atoms in total. The second-order valence-corrected chi connectivity index (χ2v) is 3.15. The van der Waals surface area contributed by atoms with Gasteiger partial charge < -0.3 is 14.8 Å². The number of carbonyl (C=O) groups is 1. The fraction of sp³-hybridized carbons (Fsp3) is 0.364. The summed E-state index contributed by atoms with van der Waals surface area (Å²) in [5.74, 6) is 0.282. The van der Waals surface area contributed by atoms with E-state index in [-0.39, 0.29) is 12.4 Å². The molecule has 0 saturated carbocycles. The second kappa shape index (κ2) is 3.90. The highest BCUT2D eigenvalue weighted by molar-refractivity contribution is 6.00. The molecule has 0 saturated heterocycles. The summed E-state index contributed by atoms with van der Waals surface area (Å²) in [5.41, 5.74) is 0.193. The van der Waals surface area contributed by atoms with Crippen molar-refractivity contribution in [1.29, 1.82) is 0 Å². The molecule has 1 atom stereocenters. The van der Waals surface area contributed by atoms with Crippen LogP contribution in [0.25, 0.3) is 0 Å². The van der Waals surface area contributed by atoms with Gasteiger partial charge in [-0.2, -0.15) is 0 Å². The van der Waals surface area contributed by atoms with Crippen molar-refractivity contribution in [3.8, 4) is 11.5 Å². The number of ketones is 1. The molecule has 15 heavy (non-hydrogen) atoms. The van der Waals surface area contributed by atoms with Crippen LogP contribution in [-0.4, -0.2) is 25.6 Å². The zero-order valence-electron chi connectivity index (χ0n) is 12.2.